The molecular formula is C16H15FN4O2. The minimum absolute atomic E-state index is 0.0685. The number of carbonyl (C=O) groups excluding carboxylic acids is 1. The van der Waals surface area contributed by atoms with E-state index in [1.165, 1.54) is 18.4 Å². The third kappa shape index (κ3) is 3.63. The summed E-state index contributed by atoms with van der Waals surface area (Å²) in [5, 5.41) is 9.51. The topological polar surface area (TPSA) is 83.8 Å². The maximum atomic E-state index is 12.9. The molecule has 2 N–H and O–H groups in total. The Balaban J connectivity index is 1.64. The van der Waals surface area contributed by atoms with E-state index in [1.807, 2.05) is 6.92 Å². The van der Waals surface area contributed by atoms with Crippen molar-refractivity contribution < 1.29 is 13.6 Å². The van der Waals surface area contributed by atoms with Gasteiger partial charge in [-0.25, -0.2) is 9.37 Å². The number of halogens is 1. The van der Waals surface area contributed by atoms with Gasteiger partial charge in [0.2, 0.25) is 11.8 Å². The number of carbonyl (C=O) groups is 1. The van der Waals surface area contributed by atoms with E-state index in [0.717, 1.165) is 12.1 Å². The summed E-state index contributed by atoms with van der Waals surface area (Å²) in [6, 6.07) is 7.58. The van der Waals surface area contributed by atoms with Crippen LogP contribution in [0.3, 0.4) is 0 Å². The molecule has 0 radical (unpaired) electrons. The summed E-state index contributed by atoms with van der Waals surface area (Å²) in [5.41, 5.74) is 2.09. The molecule has 0 aliphatic carbocycles. The van der Waals surface area contributed by atoms with Gasteiger partial charge in [0.1, 0.15) is 12.1 Å². The van der Waals surface area contributed by atoms with Gasteiger partial charge in [-0.05, 0) is 30.7 Å². The number of anilines is 1. The highest BCUT2D eigenvalue weighted by atomic mass is 19.1. The lowest BCUT2D eigenvalue weighted by atomic mass is 10.2. The van der Waals surface area contributed by atoms with Crippen LogP contribution < -0.4 is 5.32 Å². The van der Waals surface area contributed by atoms with Crippen LogP contribution >= 0.6 is 0 Å². The summed E-state index contributed by atoms with van der Waals surface area (Å²) in [5.74, 6) is 0.262. The third-order valence-electron chi connectivity index (χ3n) is 3.26. The van der Waals surface area contributed by atoms with Gasteiger partial charge in [-0.1, -0.05) is 6.92 Å². The quantitative estimate of drug-likeness (QED) is 0.758. The highest BCUT2D eigenvalue weighted by Gasteiger charge is 2.12. The number of hydrogen-bond acceptors (Lipinski definition) is 4. The predicted octanol–water partition coefficient (Wildman–Crippen LogP) is 2.95. The first-order valence-corrected chi connectivity index (χ1v) is 7.18. The first-order valence-electron chi connectivity index (χ1n) is 7.18. The molecule has 0 aliphatic heterocycles. The van der Waals surface area contributed by atoms with Crippen molar-refractivity contribution in [2.75, 3.05) is 5.32 Å². The zero-order chi connectivity index (χ0) is 16.2. The van der Waals surface area contributed by atoms with E-state index >= 15 is 0 Å². The fourth-order valence-electron chi connectivity index (χ4n) is 2.07. The number of H-pyrrole nitrogens is 1. The number of rotatable bonds is 5. The standard InChI is InChI=1S/C16H15FN4O2/c1-2-12-7-14(21-20-12)19-15(22)8-13-9-23-16(18-13)10-3-5-11(17)6-4-10/h3-7,9H,2,8H2,1H3,(H2,19,20,21,22). The number of aryl methyl sites for hydroxylation is 1. The highest BCUT2D eigenvalue weighted by molar-refractivity contribution is 5.91. The first kappa shape index (κ1) is 15.0. The SMILES string of the molecule is CCc1cc(NC(=O)Cc2coc(-c3ccc(F)cc3)n2)n[nH]1. The summed E-state index contributed by atoms with van der Waals surface area (Å²) in [6.07, 6.45) is 2.30. The summed E-state index contributed by atoms with van der Waals surface area (Å²) < 4.78 is 18.2. The van der Waals surface area contributed by atoms with E-state index in [9.17, 15) is 9.18 Å². The van der Waals surface area contributed by atoms with Crippen LogP contribution in [0.2, 0.25) is 0 Å². The minimum Gasteiger partial charge on any atom is -0.444 e. The monoisotopic (exact) mass is 314 g/mol. The molecule has 0 aliphatic rings. The summed E-state index contributed by atoms with van der Waals surface area (Å²) >= 11 is 0. The number of aromatic amines is 1. The number of oxazole rings is 1. The average molecular weight is 314 g/mol. The second kappa shape index (κ2) is 6.43. The van der Waals surface area contributed by atoms with Crippen LogP contribution in [0.25, 0.3) is 11.5 Å². The normalized spacial score (nSPS) is 10.7. The second-order valence-corrected chi connectivity index (χ2v) is 5.01. The maximum absolute atomic E-state index is 12.9. The summed E-state index contributed by atoms with van der Waals surface area (Å²) in [7, 11) is 0. The van der Waals surface area contributed by atoms with E-state index in [4.69, 9.17) is 4.42 Å². The molecule has 1 amide bonds. The van der Waals surface area contributed by atoms with Crippen LogP contribution in [-0.2, 0) is 17.6 Å². The molecule has 6 nitrogen and oxygen atoms in total. The van der Waals surface area contributed by atoms with Crippen LogP contribution in [0.4, 0.5) is 10.2 Å². The van der Waals surface area contributed by atoms with Gasteiger partial charge in [0.25, 0.3) is 0 Å². The van der Waals surface area contributed by atoms with Crippen LogP contribution in [0.15, 0.2) is 41.0 Å². The molecule has 0 fully saturated rings. The molecular weight excluding hydrogens is 299 g/mol. The Hall–Kier alpha value is -2.96. The fraction of sp³-hybridized carbons (Fsp3) is 0.188. The number of hydrogen-bond donors (Lipinski definition) is 2. The van der Waals surface area contributed by atoms with Crippen molar-refractivity contribution >= 4 is 11.7 Å². The lowest BCUT2D eigenvalue weighted by Crippen LogP contribution is -2.14. The van der Waals surface area contributed by atoms with Gasteiger partial charge in [-0.3, -0.25) is 9.89 Å². The molecule has 23 heavy (non-hydrogen) atoms. The number of nitrogens with zero attached hydrogens (tertiary/aromatic N) is 2. The Bertz CT molecular complexity index is 808. The molecule has 0 bridgehead atoms. The molecule has 118 valence electrons. The van der Waals surface area contributed by atoms with Gasteiger partial charge in [0.05, 0.1) is 12.1 Å². The van der Waals surface area contributed by atoms with E-state index in [0.29, 0.717) is 23.0 Å². The highest BCUT2D eigenvalue weighted by Crippen LogP contribution is 2.19. The zero-order valence-electron chi connectivity index (χ0n) is 12.5. The largest absolute Gasteiger partial charge is 0.444 e. The first-order chi connectivity index (χ1) is 11.1. The molecule has 7 heteroatoms. The van der Waals surface area contributed by atoms with E-state index < -0.39 is 0 Å². The van der Waals surface area contributed by atoms with Gasteiger partial charge in [0, 0.05) is 17.3 Å². The van der Waals surface area contributed by atoms with Gasteiger partial charge < -0.3 is 9.73 Å². The number of amides is 1. The summed E-state index contributed by atoms with van der Waals surface area (Å²) in [4.78, 5) is 16.2. The molecule has 3 rings (SSSR count). The molecule has 2 heterocycles. The zero-order valence-corrected chi connectivity index (χ0v) is 12.5. The van der Waals surface area contributed by atoms with Crippen molar-refractivity contribution in [1.29, 1.82) is 0 Å². The maximum Gasteiger partial charge on any atom is 0.231 e. The number of benzene rings is 1. The van der Waals surface area contributed by atoms with Gasteiger partial charge in [-0.2, -0.15) is 5.10 Å². The fourth-order valence-corrected chi connectivity index (χ4v) is 2.07. The van der Waals surface area contributed by atoms with Crippen molar-refractivity contribution in [2.45, 2.75) is 19.8 Å². The molecule has 1 aromatic carbocycles. The Morgan fingerprint density at radius 1 is 1.35 bits per heavy atom. The molecule has 0 unspecified atom stereocenters. The van der Waals surface area contributed by atoms with Crippen molar-refractivity contribution in [1.82, 2.24) is 15.2 Å². The van der Waals surface area contributed by atoms with E-state index in [1.54, 1.807) is 18.2 Å². The van der Waals surface area contributed by atoms with Crippen LogP contribution in [0.5, 0.6) is 0 Å². The van der Waals surface area contributed by atoms with Gasteiger partial charge in [-0.15, -0.1) is 0 Å². The van der Waals surface area contributed by atoms with Crippen LogP contribution in [0, 0.1) is 5.82 Å². The van der Waals surface area contributed by atoms with Gasteiger partial charge >= 0.3 is 0 Å². The van der Waals surface area contributed by atoms with Crippen molar-refractivity contribution in [3.05, 3.63) is 53.8 Å². The second-order valence-electron chi connectivity index (χ2n) is 5.01. The van der Waals surface area contributed by atoms with E-state index in [-0.39, 0.29) is 18.1 Å². The van der Waals surface area contributed by atoms with Crippen molar-refractivity contribution in [2.24, 2.45) is 0 Å². The number of aromatic nitrogens is 3. The molecule has 0 atom stereocenters. The Labute approximate surface area is 131 Å². The summed E-state index contributed by atoms with van der Waals surface area (Å²) in [6.45, 7) is 1.99. The minimum atomic E-state index is -0.328. The molecule has 0 saturated carbocycles. The average Bonchev–Trinajstić information content (AvgIpc) is 3.17. The third-order valence-corrected chi connectivity index (χ3v) is 3.26. The van der Waals surface area contributed by atoms with Crippen LogP contribution in [0.1, 0.15) is 18.3 Å². The molecule has 0 saturated heterocycles. The molecule has 3 aromatic rings. The Kier molecular flexibility index (Phi) is 4.18. The van der Waals surface area contributed by atoms with Crippen molar-refractivity contribution in [3.8, 4) is 11.5 Å². The predicted molar refractivity (Wildman–Crippen MR) is 82.2 cm³/mol. The molecule has 0 spiro atoms. The Morgan fingerprint density at radius 2 is 2.13 bits per heavy atom. The lowest BCUT2D eigenvalue weighted by molar-refractivity contribution is -0.115. The number of nitrogens with one attached hydrogen (secondary N) is 2. The van der Waals surface area contributed by atoms with Crippen LogP contribution in [-0.4, -0.2) is 21.1 Å². The van der Waals surface area contributed by atoms with Crippen molar-refractivity contribution in [3.63, 3.8) is 0 Å². The Morgan fingerprint density at radius 3 is 2.83 bits per heavy atom. The molecule has 2 aromatic heterocycles. The lowest BCUT2D eigenvalue weighted by Gasteiger charge is -1.98. The van der Waals surface area contributed by atoms with E-state index in [2.05, 4.69) is 20.5 Å². The van der Waals surface area contributed by atoms with Gasteiger partial charge in [0.15, 0.2) is 5.82 Å². The smallest absolute Gasteiger partial charge is 0.231 e.